The zero-order chi connectivity index (χ0) is 59.4. The van der Waals surface area contributed by atoms with Gasteiger partial charge in [-0.2, -0.15) is 0 Å². The Morgan fingerprint density at radius 3 is 1.72 bits per heavy atom. The summed E-state index contributed by atoms with van der Waals surface area (Å²) in [6.45, 7) is 14.6. The Morgan fingerprint density at radius 1 is 0.455 bits per heavy atom. The van der Waals surface area contributed by atoms with Crippen LogP contribution in [-0.2, 0) is 5.41 Å². The number of aromatic nitrogens is 2. The van der Waals surface area contributed by atoms with Gasteiger partial charge in [0, 0.05) is 51.3 Å². The third-order valence-corrected chi connectivity index (χ3v) is 20.8. The van der Waals surface area contributed by atoms with Crippen molar-refractivity contribution in [2.45, 2.75) is 96.8 Å². The van der Waals surface area contributed by atoms with Crippen LogP contribution in [-0.4, -0.2) is 16.2 Å². The number of anilines is 4. The summed E-state index contributed by atoms with van der Waals surface area (Å²) in [5, 5.41) is 5.10. The number of ether oxygens (including phenoxy) is 1. The van der Waals surface area contributed by atoms with Crippen LogP contribution in [0, 0.1) is 23.7 Å². The molecule has 0 N–H and O–H groups in total. The van der Waals surface area contributed by atoms with E-state index in [-0.39, 0.29) is 17.3 Å². The normalized spacial score (nSPS) is 19.5. The first-order valence-corrected chi connectivity index (χ1v) is 32.4. The molecule has 5 heteroatoms. The van der Waals surface area contributed by atoms with Crippen molar-refractivity contribution in [3.8, 4) is 50.7 Å². The number of hydrogen-bond acceptors (Lipinski definition) is 4. The fourth-order valence-electron chi connectivity index (χ4n) is 17.2. The van der Waals surface area contributed by atoms with Crippen LogP contribution in [0.15, 0.2) is 237 Å². The molecule has 0 saturated heterocycles. The van der Waals surface area contributed by atoms with Gasteiger partial charge in [0.05, 0.1) is 28.1 Å². The summed E-state index contributed by atoms with van der Waals surface area (Å²) >= 11 is 0. The molecule has 0 atom stereocenters. The molecule has 4 bridgehead atoms. The minimum absolute atomic E-state index is 0.107. The molecule has 5 nitrogen and oxygen atoms in total. The van der Waals surface area contributed by atoms with E-state index in [1.54, 1.807) is 0 Å². The highest BCUT2D eigenvalue weighted by Crippen LogP contribution is 2.66. The number of pyridine rings is 1. The monoisotopic (exact) mass is 1140 g/mol. The van der Waals surface area contributed by atoms with Crippen molar-refractivity contribution in [2.75, 3.05) is 16.5 Å². The second-order valence-electron chi connectivity index (χ2n) is 26.9. The van der Waals surface area contributed by atoms with Gasteiger partial charge in [0.1, 0.15) is 24.0 Å². The Balaban J connectivity index is 0.860. The van der Waals surface area contributed by atoms with E-state index in [4.69, 9.17) is 9.72 Å². The minimum atomic E-state index is -0.107. The lowest BCUT2D eigenvalue weighted by Crippen LogP contribution is -2.56. The Hall–Kier alpha value is -9.19. The van der Waals surface area contributed by atoms with E-state index < -0.39 is 0 Å². The summed E-state index contributed by atoms with van der Waals surface area (Å²) < 4.78 is 9.90. The molecule has 88 heavy (non-hydrogen) atoms. The van der Waals surface area contributed by atoms with Crippen LogP contribution in [0.2, 0.25) is 0 Å². The van der Waals surface area contributed by atoms with Crippen molar-refractivity contribution in [3.05, 3.63) is 265 Å². The van der Waals surface area contributed by atoms with Crippen molar-refractivity contribution < 1.29 is 4.74 Å². The number of fused-ring (bicyclic) bond motifs is 5. The topological polar surface area (TPSA) is 33.5 Å². The highest BCUT2D eigenvalue weighted by atomic mass is 16.5. The predicted octanol–water partition coefficient (Wildman–Crippen LogP) is 22.5. The molecule has 0 amide bonds. The second kappa shape index (κ2) is 21.6. The van der Waals surface area contributed by atoms with Gasteiger partial charge in [-0.3, -0.25) is 4.57 Å². The maximum Gasteiger partial charge on any atom is 0.137 e. The first kappa shape index (κ1) is 54.2. The highest BCUT2D eigenvalue weighted by Gasteiger charge is 2.59. The minimum Gasteiger partial charge on any atom is -0.457 e. The van der Waals surface area contributed by atoms with Crippen LogP contribution in [0.5, 0.6) is 11.5 Å². The summed E-state index contributed by atoms with van der Waals surface area (Å²) in [5.41, 5.74) is 20.9. The summed E-state index contributed by atoms with van der Waals surface area (Å²) in [5.74, 6) is 6.31. The molecule has 4 fully saturated rings. The van der Waals surface area contributed by atoms with Gasteiger partial charge in [-0.15, -0.1) is 0 Å². The van der Waals surface area contributed by atoms with Gasteiger partial charge in [0.15, 0.2) is 0 Å². The van der Waals surface area contributed by atoms with Crippen LogP contribution >= 0.6 is 0 Å². The molecule has 0 unspecified atom stereocenters. The summed E-state index contributed by atoms with van der Waals surface area (Å²) in [6.07, 6.45) is 8.72. The first-order valence-electron chi connectivity index (χ1n) is 32.4. The Morgan fingerprint density at radius 2 is 1.05 bits per heavy atom. The third-order valence-electron chi connectivity index (χ3n) is 20.8. The molecular formula is C83H76N4O. The Labute approximate surface area is 518 Å². The number of benzene rings is 10. The van der Waals surface area contributed by atoms with Crippen LogP contribution in [0.3, 0.4) is 0 Å². The smallest absolute Gasteiger partial charge is 0.137 e. The van der Waals surface area contributed by atoms with Gasteiger partial charge >= 0.3 is 0 Å². The molecule has 3 heterocycles. The average Bonchev–Trinajstić information content (AvgIpc) is 0.880. The molecular weight excluding hydrogens is 1070 g/mol. The van der Waals surface area contributed by atoms with Gasteiger partial charge in [-0.05, 0) is 189 Å². The van der Waals surface area contributed by atoms with Gasteiger partial charge in [0.25, 0.3) is 0 Å². The van der Waals surface area contributed by atoms with E-state index in [1.807, 2.05) is 0 Å². The quantitative estimate of drug-likeness (QED) is 0.115. The summed E-state index contributed by atoms with van der Waals surface area (Å²) in [4.78, 5) is 10.4. The average molecular weight is 1150 g/mol. The molecule has 17 rings (SSSR count). The zero-order valence-electron chi connectivity index (χ0n) is 51.5. The Kier molecular flexibility index (Phi) is 13.3. The highest BCUT2D eigenvalue weighted by molar-refractivity contribution is 6.09. The van der Waals surface area contributed by atoms with E-state index in [9.17, 15) is 0 Å². The van der Waals surface area contributed by atoms with Crippen molar-refractivity contribution in [1.29, 1.82) is 0 Å². The van der Waals surface area contributed by atoms with Gasteiger partial charge in [-0.1, -0.05) is 205 Å². The molecule has 10 aromatic carbocycles. The van der Waals surface area contributed by atoms with E-state index in [1.165, 1.54) is 115 Å². The van der Waals surface area contributed by atoms with Crippen molar-refractivity contribution in [1.82, 2.24) is 9.55 Å². The van der Waals surface area contributed by atoms with E-state index in [0.717, 1.165) is 62.8 Å². The zero-order valence-corrected chi connectivity index (χ0v) is 51.5. The van der Waals surface area contributed by atoms with E-state index in [0.29, 0.717) is 24.4 Å². The Bertz CT molecular complexity index is 4530. The molecule has 1 aliphatic heterocycles. The molecule has 5 aliphatic rings. The maximum atomic E-state index is 7.48. The number of hydrogen-bond donors (Lipinski definition) is 0. The van der Waals surface area contributed by atoms with Crippen LogP contribution < -0.4 is 14.5 Å². The molecule has 4 aliphatic carbocycles. The second-order valence-corrected chi connectivity index (χ2v) is 26.9. The van der Waals surface area contributed by atoms with E-state index in [2.05, 4.69) is 293 Å². The van der Waals surface area contributed by atoms with Crippen molar-refractivity contribution >= 4 is 55.3 Å². The van der Waals surface area contributed by atoms with Crippen molar-refractivity contribution in [2.24, 2.45) is 23.7 Å². The first-order chi connectivity index (χ1) is 43.1. The lowest BCUT2D eigenvalue weighted by Gasteiger charge is -2.62. The summed E-state index contributed by atoms with van der Waals surface area (Å²) in [7, 11) is 0. The number of rotatable bonds is 13. The predicted molar refractivity (Wildman–Crippen MR) is 367 cm³/mol. The maximum absolute atomic E-state index is 7.48. The summed E-state index contributed by atoms with van der Waals surface area (Å²) in [6, 6.07) is 86.1. The molecule has 434 valence electrons. The van der Waals surface area contributed by atoms with Crippen molar-refractivity contribution in [3.63, 3.8) is 0 Å². The lowest BCUT2D eigenvalue weighted by atomic mass is 9.42. The van der Waals surface area contributed by atoms with Crippen LogP contribution in [0.1, 0.15) is 119 Å². The van der Waals surface area contributed by atoms with Gasteiger partial charge < -0.3 is 14.5 Å². The van der Waals surface area contributed by atoms with Gasteiger partial charge in [-0.25, -0.2) is 4.98 Å². The molecule has 4 saturated carbocycles. The van der Waals surface area contributed by atoms with Gasteiger partial charge in [0.2, 0.25) is 0 Å². The fraction of sp³-hybridized carbons (Fsp3) is 0.241. The lowest BCUT2D eigenvalue weighted by molar-refractivity contribution is -0.0412. The third kappa shape index (κ3) is 8.89. The van der Waals surface area contributed by atoms with E-state index >= 15 is 0 Å². The molecule has 0 spiro atoms. The molecule has 12 aromatic rings. The van der Waals surface area contributed by atoms with Crippen LogP contribution in [0.4, 0.5) is 22.7 Å². The largest absolute Gasteiger partial charge is 0.457 e. The number of para-hydroxylation sites is 4. The van der Waals surface area contributed by atoms with Crippen LogP contribution in [0.25, 0.3) is 71.8 Å². The SMILES string of the molecule is CC(C)c1cc(C(C)C)c(-c2cc(Oc3ccc4c5ccccc5n(-c5cc(C6(c7cccc8ccccc78)C7CC8CC(C7)CC6C8)ccn5)c4c3)cc(N3CN(c4c(-c5ccccc5)cccc4-c4ccccc4)c4ccccc43)c2)c(C(C)C)c1. The fourth-order valence-corrected chi connectivity index (χ4v) is 17.2. The standard InChI is InChI=1S/C83H76N4O/c1-52(2)60-46-73(53(3)4)81(74(47-60)54(5)6)61-44-65(85-51-86(78-34-18-17-33-77(78)85)82-69(58-21-9-7-10-22-58)29-20-30-70(82)59-23-11-8-12-24-59)49-67(45-61)88-66-35-36-72-71-28-15-16-32-76(71)87(79(72)50-66)80-48-62(37-38-84-80)83(63-40-55-39-56(42-63)43-64(83)41-55)75-31-19-26-57-25-13-14-27-68(57)75/h7-38,44-50,52-56,63-64H,39-43,51H2,1-6H3. The molecule has 2 aromatic heterocycles. The molecule has 0 radical (unpaired) electrons. The number of nitrogens with zero attached hydrogens (tertiary/aromatic N) is 4.